The Morgan fingerprint density at radius 3 is 2.33 bits per heavy atom. The summed E-state index contributed by atoms with van der Waals surface area (Å²) in [5.41, 5.74) is 4.60. The van der Waals surface area contributed by atoms with Crippen LogP contribution in [0.25, 0.3) is 0 Å². The van der Waals surface area contributed by atoms with Crippen molar-refractivity contribution in [2.24, 2.45) is 0 Å². The number of benzene rings is 1. The van der Waals surface area contributed by atoms with E-state index in [9.17, 15) is 9.90 Å². The molecule has 0 radical (unpaired) electrons. The lowest BCUT2D eigenvalue weighted by Gasteiger charge is -2.38. The molecule has 0 saturated heterocycles. The van der Waals surface area contributed by atoms with E-state index in [0.29, 0.717) is 16.3 Å². The van der Waals surface area contributed by atoms with Crippen LogP contribution in [0, 0.1) is 0 Å². The lowest BCUT2D eigenvalue weighted by molar-refractivity contribution is -0.00292. The van der Waals surface area contributed by atoms with Gasteiger partial charge in [0.2, 0.25) is 0 Å². The normalized spacial score (nSPS) is 12.3. The van der Waals surface area contributed by atoms with Crippen molar-refractivity contribution in [2.45, 2.75) is 38.8 Å². The average molecular weight is 271 g/mol. The number of carbonyl (C=O) groups excluding carboxylic acids is 1. The van der Waals surface area contributed by atoms with E-state index in [1.165, 1.54) is 6.07 Å². The van der Waals surface area contributed by atoms with Crippen LogP contribution in [0.4, 0.5) is 5.69 Å². The smallest absolute Gasteiger partial charge is 0.251 e. The Bertz CT molecular complexity index is 465. The van der Waals surface area contributed by atoms with Crippen LogP contribution in [0.3, 0.4) is 0 Å². The first kappa shape index (κ1) is 14.8. The Balaban J connectivity index is 2.93. The maximum absolute atomic E-state index is 12.0. The number of aliphatic hydroxyl groups is 1. The molecule has 100 valence electrons. The molecule has 0 aliphatic carbocycles. The van der Waals surface area contributed by atoms with Crippen LogP contribution in [0.2, 0.25) is 5.02 Å². The highest BCUT2D eigenvalue weighted by Gasteiger charge is 2.36. The van der Waals surface area contributed by atoms with Gasteiger partial charge in [0.05, 0.1) is 21.8 Å². The molecular formula is C13H19ClN2O2. The summed E-state index contributed by atoms with van der Waals surface area (Å²) in [6.45, 7) is 6.79. The molecule has 0 aromatic heterocycles. The number of nitrogens with one attached hydrogen (secondary N) is 1. The Kier molecular flexibility index (Phi) is 3.93. The van der Waals surface area contributed by atoms with Crippen molar-refractivity contribution >= 4 is 23.2 Å². The predicted octanol–water partition coefficient (Wildman–Crippen LogP) is 2.20. The van der Waals surface area contributed by atoms with Gasteiger partial charge in [0.1, 0.15) is 0 Å². The van der Waals surface area contributed by atoms with E-state index in [-0.39, 0.29) is 5.91 Å². The SMILES string of the molecule is CC(C)(O)C(C)(C)NC(=O)c1ccc(Cl)c(N)c1. The molecule has 0 atom stereocenters. The standard InChI is InChI=1S/C13H19ClN2O2/c1-12(2,13(3,4)18)16-11(17)8-5-6-9(14)10(15)7-8/h5-7,18H,15H2,1-4H3,(H,16,17). The Hall–Kier alpha value is -1.26. The number of rotatable bonds is 3. The number of anilines is 1. The highest BCUT2D eigenvalue weighted by Crippen LogP contribution is 2.23. The van der Waals surface area contributed by atoms with Gasteiger partial charge in [-0.05, 0) is 45.9 Å². The van der Waals surface area contributed by atoms with Crippen LogP contribution < -0.4 is 11.1 Å². The number of hydrogen-bond acceptors (Lipinski definition) is 3. The number of hydrogen-bond donors (Lipinski definition) is 3. The Morgan fingerprint density at radius 1 is 1.33 bits per heavy atom. The monoisotopic (exact) mass is 270 g/mol. The van der Waals surface area contributed by atoms with Crippen molar-refractivity contribution in [3.05, 3.63) is 28.8 Å². The number of carbonyl (C=O) groups is 1. The third kappa shape index (κ3) is 3.15. The van der Waals surface area contributed by atoms with E-state index in [0.717, 1.165) is 0 Å². The van der Waals surface area contributed by atoms with Crippen molar-refractivity contribution in [2.75, 3.05) is 5.73 Å². The van der Waals surface area contributed by atoms with E-state index < -0.39 is 11.1 Å². The van der Waals surface area contributed by atoms with Gasteiger partial charge in [-0.1, -0.05) is 11.6 Å². The largest absolute Gasteiger partial charge is 0.398 e. The van der Waals surface area contributed by atoms with E-state index >= 15 is 0 Å². The van der Waals surface area contributed by atoms with E-state index in [1.54, 1.807) is 39.8 Å². The van der Waals surface area contributed by atoms with E-state index in [4.69, 9.17) is 17.3 Å². The van der Waals surface area contributed by atoms with Crippen molar-refractivity contribution in [3.63, 3.8) is 0 Å². The van der Waals surface area contributed by atoms with Gasteiger partial charge in [0.15, 0.2) is 0 Å². The van der Waals surface area contributed by atoms with Gasteiger partial charge in [0, 0.05) is 5.56 Å². The summed E-state index contributed by atoms with van der Waals surface area (Å²) in [6.07, 6.45) is 0. The molecule has 0 unspecified atom stereocenters. The average Bonchev–Trinajstić information content (AvgIpc) is 2.19. The van der Waals surface area contributed by atoms with Crippen LogP contribution in [0.1, 0.15) is 38.1 Å². The minimum Gasteiger partial charge on any atom is -0.398 e. The Labute approximate surface area is 112 Å². The second-order valence-corrected chi connectivity index (χ2v) is 5.78. The second-order valence-electron chi connectivity index (χ2n) is 5.37. The maximum atomic E-state index is 12.0. The highest BCUT2D eigenvalue weighted by molar-refractivity contribution is 6.33. The first-order chi connectivity index (χ1) is 8.04. The van der Waals surface area contributed by atoms with Gasteiger partial charge in [-0.2, -0.15) is 0 Å². The van der Waals surface area contributed by atoms with Crippen molar-refractivity contribution < 1.29 is 9.90 Å². The molecule has 0 bridgehead atoms. The van der Waals surface area contributed by atoms with Gasteiger partial charge >= 0.3 is 0 Å². The zero-order valence-corrected chi connectivity index (χ0v) is 11.8. The quantitative estimate of drug-likeness (QED) is 0.737. The molecule has 0 aliphatic heterocycles. The lowest BCUT2D eigenvalue weighted by Crippen LogP contribution is -2.57. The first-order valence-electron chi connectivity index (χ1n) is 5.64. The molecule has 1 amide bonds. The highest BCUT2D eigenvalue weighted by atomic mass is 35.5. The first-order valence-corrected chi connectivity index (χ1v) is 6.02. The van der Waals surface area contributed by atoms with Crippen LogP contribution in [0.5, 0.6) is 0 Å². The number of nitrogen functional groups attached to an aromatic ring is 1. The van der Waals surface area contributed by atoms with Crippen molar-refractivity contribution in [1.29, 1.82) is 0 Å². The molecule has 18 heavy (non-hydrogen) atoms. The molecule has 5 heteroatoms. The van der Waals surface area contributed by atoms with Gasteiger partial charge in [-0.3, -0.25) is 4.79 Å². The lowest BCUT2D eigenvalue weighted by atomic mass is 9.85. The zero-order valence-electron chi connectivity index (χ0n) is 11.0. The molecule has 1 aromatic carbocycles. The molecule has 0 spiro atoms. The molecule has 4 N–H and O–H groups in total. The molecule has 0 fully saturated rings. The summed E-state index contributed by atoms with van der Waals surface area (Å²) in [5.74, 6) is -0.300. The number of halogens is 1. The summed E-state index contributed by atoms with van der Waals surface area (Å²) in [7, 11) is 0. The Morgan fingerprint density at radius 2 is 1.89 bits per heavy atom. The van der Waals surface area contributed by atoms with Crippen LogP contribution in [0.15, 0.2) is 18.2 Å². The molecule has 0 aliphatic rings. The number of amides is 1. The summed E-state index contributed by atoms with van der Waals surface area (Å²) in [5, 5.41) is 13.2. The molecule has 0 heterocycles. The van der Waals surface area contributed by atoms with Crippen molar-refractivity contribution in [3.8, 4) is 0 Å². The number of nitrogens with two attached hydrogens (primary N) is 1. The van der Waals surface area contributed by atoms with E-state index in [2.05, 4.69) is 5.32 Å². The fourth-order valence-corrected chi connectivity index (χ4v) is 1.31. The minimum absolute atomic E-state index is 0.300. The summed E-state index contributed by atoms with van der Waals surface area (Å²) in [6, 6.07) is 4.68. The molecule has 1 aromatic rings. The third-order valence-electron chi connectivity index (χ3n) is 3.21. The molecule has 0 saturated carbocycles. The van der Waals surface area contributed by atoms with Crippen LogP contribution >= 0.6 is 11.6 Å². The molecule has 4 nitrogen and oxygen atoms in total. The summed E-state index contributed by atoms with van der Waals surface area (Å²) >= 11 is 5.79. The van der Waals surface area contributed by atoms with Gasteiger partial charge in [0.25, 0.3) is 5.91 Å². The second kappa shape index (κ2) is 4.78. The molecular weight excluding hydrogens is 252 g/mol. The summed E-state index contributed by atoms with van der Waals surface area (Å²) < 4.78 is 0. The maximum Gasteiger partial charge on any atom is 0.251 e. The van der Waals surface area contributed by atoms with E-state index in [1.807, 2.05) is 0 Å². The topological polar surface area (TPSA) is 75.3 Å². The van der Waals surface area contributed by atoms with Crippen molar-refractivity contribution in [1.82, 2.24) is 5.32 Å². The van der Waals surface area contributed by atoms with Gasteiger partial charge < -0.3 is 16.2 Å². The fraction of sp³-hybridized carbons (Fsp3) is 0.462. The predicted molar refractivity (Wildman–Crippen MR) is 73.7 cm³/mol. The third-order valence-corrected chi connectivity index (χ3v) is 3.56. The zero-order chi connectivity index (χ0) is 14.1. The van der Waals surface area contributed by atoms with Crippen LogP contribution in [-0.4, -0.2) is 22.2 Å². The fourth-order valence-electron chi connectivity index (χ4n) is 1.19. The van der Waals surface area contributed by atoms with Gasteiger partial charge in [-0.25, -0.2) is 0 Å². The summed E-state index contributed by atoms with van der Waals surface area (Å²) in [4.78, 5) is 12.0. The molecule has 1 rings (SSSR count). The van der Waals surface area contributed by atoms with Crippen LogP contribution in [-0.2, 0) is 0 Å². The minimum atomic E-state index is -1.04. The van der Waals surface area contributed by atoms with Gasteiger partial charge in [-0.15, -0.1) is 0 Å².